The van der Waals surface area contributed by atoms with Gasteiger partial charge in [0.1, 0.15) is 13.8 Å². The second-order valence-electron chi connectivity index (χ2n) is 7.75. The molecule has 0 bridgehead atoms. The summed E-state index contributed by atoms with van der Waals surface area (Å²) in [5, 5.41) is 0. The molecule has 1 rings (SSSR count). The van der Waals surface area contributed by atoms with Crippen LogP contribution in [-0.4, -0.2) is 13.9 Å². The van der Waals surface area contributed by atoms with Crippen molar-refractivity contribution < 1.29 is 9.21 Å². The van der Waals surface area contributed by atoms with E-state index in [1.165, 1.54) is 0 Å². The van der Waals surface area contributed by atoms with E-state index in [2.05, 4.69) is 59.9 Å². The Morgan fingerprint density at radius 2 is 1.76 bits per heavy atom. The molecular formula is C22H34O2Si. The zero-order valence-electron chi connectivity index (χ0n) is 17.0. The van der Waals surface area contributed by atoms with Crippen LogP contribution in [0.15, 0.2) is 28.4 Å². The minimum absolute atomic E-state index is 0.130. The molecule has 2 nitrogen and oxygen atoms in total. The summed E-state index contributed by atoms with van der Waals surface area (Å²) in [5.41, 5.74) is 5.91. The van der Waals surface area contributed by atoms with Crippen LogP contribution in [0.5, 0.6) is 0 Å². The Kier molecular flexibility index (Phi) is 8.45. The van der Waals surface area contributed by atoms with Crippen LogP contribution in [-0.2, 0) is 4.79 Å². The molecule has 0 saturated carbocycles. The summed E-state index contributed by atoms with van der Waals surface area (Å²) in [6.45, 7) is 15.8. The van der Waals surface area contributed by atoms with Gasteiger partial charge < -0.3 is 4.42 Å². The molecule has 1 aromatic heterocycles. The average Bonchev–Trinajstić information content (AvgIpc) is 3.04. The molecule has 3 heteroatoms. The molecule has 0 amide bonds. The van der Waals surface area contributed by atoms with Gasteiger partial charge in [0, 0.05) is 6.42 Å². The zero-order chi connectivity index (χ0) is 19.0. The normalized spacial score (nSPS) is 12.6. The highest BCUT2D eigenvalue weighted by Crippen LogP contribution is 2.40. The highest BCUT2D eigenvalue weighted by molar-refractivity contribution is 6.90. The molecule has 0 atom stereocenters. The Morgan fingerprint density at radius 3 is 2.20 bits per heavy atom. The summed E-state index contributed by atoms with van der Waals surface area (Å²) in [7, 11) is -1.85. The first kappa shape index (κ1) is 21.5. The first-order chi connectivity index (χ1) is 11.8. The van der Waals surface area contributed by atoms with Gasteiger partial charge >= 0.3 is 0 Å². The number of carbonyl (C=O) groups excluding carboxylic acids is 1. The Balaban J connectivity index is 3.33. The first-order valence-corrected chi connectivity index (χ1v) is 11.8. The molecule has 1 heterocycles. The molecule has 0 aliphatic rings. The van der Waals surface area contributed by atoms with Gasteiger partial charge in [0.2, 0.25) is 0 Å². The largest absolute Gasteiger partial charge is 0.465 e. The fraction of sp³-hybridized carbons (Fsp3) is 0.591. The minimum atomic E-state index is -1.85. The number of carbonyl (C=O) groups is 1. The van der Waals surface area contributed by atoms with Gasteiger partial charge in [-0.2, -0.15) is 0 Å². The minimum Gasteiger partial charge on any atom is -0.465 e. The lowest BCUT2D eigenvalue weighted by Gasteiger charge is -2.38. The zero-order valence-corrected chi connectivity index (χ0v) is 18.0. The predicted molar refractivity (Wildman–Crippen MR) is 110 cm³/mol. The van der Waals surface area contributed by atoms with Crippen molar-refractivity contribution in [3.8, 4) is 11.5 Å². The van der Waals surface area contributed by atoms with Crippen LogP contribution in [0.2, 0.25) is 16.6 Å². The number of furan rings is 1. The summed E-state index contributed by atoms with van der Waals surface area (Å²) >= 11 is 0. The number of hydrogen-bond acceptors (Lipinski definition) is 2. The number of Topliss-reactive ketones (excluding diaryl/α,β-unsaturated/α-hetero) is 1. The van der Waals surface area contributed by atoms with Crippen LogP contribution >= 0.6 is 0 Å². The maximum atomic E-state index is 12.7. The van der Waals surface area contributed by atoms with Crippen LogP contribution in [0.3, 0.4) is 0 Å². The van der Waals surface area contributed by atoms with E-state index in [9.17, 15) is 4.79 Å². The van der Waals surface area contributed by atoms with Gasteiger partial charge in [-0.25, -0.2) is 0 Å². The fourth-order valence-corrected chi connectivity index (χ4v) is 9.00. The van der Waals surface area contributed by atoms with Crippen LogP contribution in [0, 0.1) is 11.5 Å². The number of unbranched alkanes of at least 4 members (excludes halogenated alkanes) is 1. The van der Waals surface area contributed by atoms with Crippen LogP contribution in [0.4, 0.5) is 0 Å². The smallest absolute Gasteiger partial charge is 0.171 e. The van der Waals surface area contributed by atoms with Gasteiger partial charge in [-0.3, -0.25) is 4.79 Å². The summed E-state index contributed by atoms with van der Waals surface area (Å²) in [5.74, 6) is 4.14. The van der Waals surface area contributed by atoms with E-state index in [0.717, 1.165) is 12.8 Å². The highest BCUT2D eigenvalue weighted by atomic mass is 28.3. The van der Waals surface area contributed by atoms with Crippen molar-refractivity contribution in [2.75, 3.05) is 0 Å². The predicted octanol–water partition coefficient (Wildman–Crippen LogP) is 6.64. The van der Waals surface area contributed by atoms with Crippen molar-refractivity contribution in [1.82, 2.24) is 0 Å². The molecule has 0 saturated heterocycles. The topological polar surface area (TPSA) is 30.2 Å². The van der Waals surface area contributed by atoms with Crippen molar-refractivity contribution in [3.05, 3.63) is 29.7 Å². The second-order valence-corrected chi connectivity index (χ2v) is 13.3. The summed E-state index contributed by atoms with van der Waals surface area (Å²) in [6, 6.07) is 3.70. The molecule has 0 N–H and O–H groups in total. The van der Waals surface area contributed by atoms with E-state index in [-0.39, 0.29) is 5.78 Å². The van der Waals surface area contributed by atoms with Gasteiger partial charge in [-0.15, -0.1) is 5.54 Å². The number of ketones is 1. The van der Waals surface area contributed by atoms with Gasteiger partial charge in [0.15, 0.2) is 5.78 Å². The van der Waals surface area contributed by atoms with Crippen molar-refractivity contribution in [2.45, 2.75) is 84.4 Å². The lowest BCUT2D eigenvalue weighted by atomic mass is 10.1. The molecule has 0 spiro atoms. The van der Waals surface area contributed by atoms with E-state index in [0.29, 0.717) is 34.4 Å². The second kappa shape index (κ2) is 9.82. The maximum Gasteiger partial charge on any atom is 0.171 e. The van der Waals surface area contributed by atoms with E-state index in [1.54, 1.807) is 6.26 Å². The quantitative estimate of drug-likeness (QED) is 0.296. The standard InChI is InChI=1S/C22H34O2Si/c1-8-9-12-22(23)20(16-21-11-10-14-24-21)13-15-25(17(2)3,18(4)5)19(6)7/h10-11,14,16-19H,8-9,12H2,1-7H3/b20-16+. The lowest BCUT2D eigenvalue weighted by Crippen LogP contribution is -2.43. The van der Waals surface area contributed by atoms with Crippen LogP contribution in [0.1, 0.15) is 73.5 Å². The molecule has 0 aliphatic heterocycles. The summed E-state index contributed by atoms with van der Waals surface area (Å²) in [4.78, 5) is 12.7. The molecule has 0 unspecified atom stereocenters. The van der Waals surface area contributed by atoms with E-state index in [4.69, 9.17) is 4.42 Å². The molecular weight excluding hydrogens is 324 g/mol. The highest BCUT2D eigenvalue weighted by Gasteiger charge is 2.41. The molecule has 0 radical (unpaired) electrons. The molecule has 0 aliphatic carbocycles. The molecule has 138 valence electrons. The Morgan fingerprint density at radius 1 is 1.16 bits per heavy atom. The molecule has 25 heavy (non-hydrogen) atoms. The fourth-order valence-electron chi connectivity index (χ4n) is 3.78. The van der Waals surface area contributed by atoms with E-state index in [1.807, 2.05) is 18.2 Å². The Labute approximate surface area is 155 Å². The first-order valence-electron chi connectivity index (χ1n) is 9.57. The average molecular weight is 359 g/mol. The molecule has 0 fully saturated rings. The third-order valence-corrected chi connectivity index (χ3v) is 11.5. The third kappa shape index (κ3) is 5.47. The number of rotatable bonds is 8. The van der Waals surface area contributed by atoms with Crippen LogP contribution < -0.4 is 0 Å². The van der Waals surface area contributed by atoms with Crippen molar-refractivity contribution in [3.63, 3.8) is 0 Å². The number of hydrogen-bond donors (Lipinski definition) is 0. The Hall–Kier alpha value is -1.53. The lowest BCUT2D eigenvalue weighted by molar-refractivity contribution is -0.115. The molecule has 1 aromatic rings. The monoisotopic (exact) mass is 358 g/mol. The Bertz CT molecular complexity index is 603. The summed E-state index contributed by atoms with van der Waals surface area (Å²) < 4.78 is 5.41. The van der Waals surface area contributed by atoms with Gasteiger partial charge in [0.25, 0.3) is 0 Å². The maximum absolute atomic E-state index is 12.7. The van der Waals surface area contributed by atoms with Crippen molar-refractivity contribution >= 4 is 19.9 Å². The van der Waals surface area contributed by atoms with Crippen molar-refractivity contribution in [1.29, 1.82) is 0 Å². The van der Waals surface area contributed by atoms with Crippen molar-refractivity contribution in [2.24, 2.45) is 0 Å². The van der Waals surface area contributed by atoms with E-state index < -0.39 is 8.07 Å². The van der Waals surface area contributed by atoms with Gasteiger partial charge in [-0.05, 0) is 41.3 Å². The SMILES string of the molecule is CCCCC(=O)/C(C#C[Si](C(C)C)(C(C)C)C(C)C)=C/c1ccco1. The third-order valence-electron chi connectivity index (χ3n) is 5.17. The molecule has 0 aromatic carbocycles. The van der Waals surface area contributed by atoms with Gasteiger partial charge in [-0.1, -0.05) is 60.8 Å². The summed E-state index contributed by atoms with van der Waals surface area (Å²) in [6.07, 6.45) is 5.90. The van der Waals surface area contributed by atoms with Crippen LogP contribution in [0.25, 0.3) is 6.08 Å². The van der Waals surface area contributed by atoms with E-state index >= 15 is 0 Å². The van der Waals surface area contributed by atoms with Gasteiger partial charge in [0.05, 0.1) is 11.8 Å². The number of allylic oxidation sites excluding steroid dienone is 1.